The van der Waals surface area contributed by atoms with Crippen LogP contribution in [0.2, 0.25) is 0 Å². The molecule has 1 amide bonds. The number of cyclic esters (lactones) is 1. The fourth-order valence-electron chi connectivity index (χ4n) is 3.06. The van der Waals surface area contributed by atoms with Crippen LogP contribution in [0.25, 0.3) is 0 Å². The lowest BCUT2D eigenvalue weighted by Gasteiger charge is -2.24. The quantitative estimate of drug-likeness (QED) is 0.814. The molecule has 5 heteroatoms. The smallest absolute Gasteiger partial charge is 0.342 e. The fraction of sp³-hybridized carbons (Fsp3) is 0.286. The number of esters is 1. The molecule has 3 rings (SSSR count). The molecule has 1 aliphatic rings. The van der Waals surface area contributed by atoms with Crippen LogP contribution >= 0.6 is 0 Å². The summed E-state index contributed by atoms with van der Waals surface area (Å²) >= 11 is 0. The zero-order chi connectivity index (χ0) is 18.6. The molecule has 2 aromatic carbocycles. The van der Waals surface area contributed by atoms with Crippen molar-refractivity contribution in [3.05, 3.63) is 71.8 Å². The maximum absolute atomic E-state index is 12.7. The third kappa shape index (κ3) is 3.82. The molecule has 1 N–H and O–H groups in total. The van der Waals surface area contributed by atoms with Crippen LogP contribution in [0.15, 0.2) is 65.7 Å². The number of nitrogens with one attached hydrogen (secondary N) is 1. The minimum atomic E-state index is -1.09. The number of carbonyl (C=O) groups is 2. The van der Waals surface area contributed by atoms with E-state index in [1.165, 1.54) is 0 Å². The Balaban J connectivity index is 1.83. The van der Waals surface area contributed by atoms with Gasteiger partial charge >= 0.3 is 5.97 Å². The Morgan fingerprint density at radius 3 is 2.31 bits per heavy atom. The van der Waals surface area contributed by atoms with E-state index in [0.717, 1.165) is 5.56 Å². The van der Waals surface area contributed by atoms with Crippen molar-refractivity contribution in [2.45, 2.75) is 25.8 Å². The molecule has 0 fully saturated rings. The summed E-state index contributed by atoms with van der Waals surface area (Å²) < 4.78 is 5.46. The van der Waals surface area contributed by atoms with Gasteiger partial charge in [-0.3, -0.25) is 4.79 Å². The van der Waals surface area contributed by atoms with E-state index in [2.05, 4.69) is 10.3 Å². The minimum absolute atomic E-state index is 0.105. The van der Waals surface area contributed by atoms with E-state index in [0.29, 0.717) is 17.9 Å². The number of nitrogens with zero attached hydrogens (tertiary/aromatic N) is 1. The van der Waals surface area contributed by atoms with Crippen LogP contribution in [0.3, 0.4) is 0 Å². The molecule has 1 heterocycles. The second-order valence-corrected chi connectivity index (χ2v) is 6.85. The van der Waals surface area contributed by atoms with Crippen LogP contribution in [0.4, 0.5) is 0 Å². The van der Waals surface area contributed by atoms with Crippen molar-refractivity contribution in [2.24, 2.45) is 10.9 Å². The molecule has 1 unspecified atom stereocenters. The van der Waals surface area contributed by atoms with Gasteiger partial charge in [-0.2, -0.15) is 0 Å². The average Bonchev–Trinajstić information content (AvgIpc) is 2.97. The Morgan fingerprint density at radius 2 is 1.69 bits per heavy atom. The highest BCUT2D eigenvalue weighted by atomic mass is 16.6. The predicted octanol–water partition coefficient (Wildman–Crippen LogP) is 3.20. The van der Waals surface area contributed by atoms with E-state index >= 15 is 0 Å². The number of ether oxygens (including phenoxy) is 1. The predicted molar refractivity (Wildman–Crippen MR) is 100 cm³/mol. The Labute approximate surface area is 153 Å². The average molecular weight is 350 g/mol. The molecule has 26 heavy (non-hydrogen) atoms. The highest BCUT2D eigenvalue weighted by molar-refractivity contribution is 6.08. The number of rotatable bonds is 6. The van der Waals surface area contributed by atoms with Crippen LogP contribution < -0.4 is 5.32 Å². The first-order valence-corrected chi connectivity index (χ1v) is 8.71. The number of benzene rings is 2. The molecule has 134 valence electrons. The molecular weight excluding hydrogens is 328 g/mol. The molecule has 1 atom stereocenters. The summed E-state index contributed by atoms with van der Waals surface area (Å²) in [6.45, 7) is 4.14. The first-order valence-electron chi connectivity index (χ1n) is 8.71. The monoisotopic (exact) mass is 350 g/mol. The molecule has 5 nitrogen and oxygen atoms in total. The Hall–Kier alpha value is -2.95. The Kier molecular flexibility index (Phi) is 5.16. The van der Waals surface area contributed by atoms with E-state index in [9.17, 15) is 9.59 Å². The largest absolute Gasteiger partial charge is 0.405 e. The van der Waals surface area contributed by atoms with Crippen LogP contribution in [-0.2, 0) is 9.53 Å². The first-order chi connectivity index (χ1) is 12.5. The number of hydrogen-bond donors (Lipinski definition) is 1. The molecule has 0 radical (unpaired) electrons. The van der Waals surface area contributed by atoms with Crippen LogP contribution in [0.5, 0.6) is 0 Å². The van der Waals surface area contributed by atoms with E-state index in [1.807, 2.05) is 50.2 Å². The number of carbonyl (C=O) groups excluding carboxylic acids is 2. The third-order valence-electron chi connectivity index (χ3n) is 4.23. The van der Waals surface area contributed by atoms with Crippen LogP contribution in [0.1, 0.15) is 36.2 Å². The minimum Gasteiger partial charge on any atom is -0.405 e. The third-order valence-corrected chi connectivity index (χ3v) is 4.23. The lowest BCUT2D eigenvalue weighted by molar-refractivity contribution is -0.139. The number of amides is 1. The van der Waals surface area contributed by atoms with Gasteiger partial charge in [-0.15, -0.1) is 0 Å². The molecule has 2 aromatic rings. The van der Waals surface area contributed by atoms with Crippen molar-refractivity contribution < 1.29 is 14.3 Å². The summed E-state index contributed by atoms with van der Waals surface area (Å²) in [6.07, 6.45) is 0.497. The fourth-order valence-corrected chi connectivity index (χ4v) is 3.06. The van der Waals surface area contributed by atoms with Gasteiger partial charge < -0.3 is 10.1 Å². The summed E-state index contributed by atoms with van der Waals surface area (Å²) in [4.78, 5) is 29.7. The molecule has 0 spiro atoms. The Bertz CT molecular complexity index is 816. The number of hydrogen-bond acceptors (Lipinski definition) is 4. The topological polar surface area (TPSA) is 67.8 Å². The summed E-state index contributed by atoms with van der Waals surface area (Å²) in [7, 11) is 0. The molecule has 0 saturated heterocycles. The summed E-state index contributed by atoms with van der Waals surface area (Å²) in [5.74, 6) is -0.122. The van der Waals surface area contributed by atoms with E-state index in [4.69, 9.17) is 4.74 Å². The van der Waals surface area contributed by atoms with Gasteiger partial charge in [0.05, 0.1) is 6.54 Å². The molecular formula is C21H22N2O3. The summed E-state index contributed by atoms with van der Waals surface area (Å²) in [5.41, 5.74) is 0.204. The molecule has 1 aliphatic heterocycles. The lowest BCUT2D eigenvalue weighted by atomic mass is 9.89. The first kappa shape index (κ1) is 17.9. The lowest BCUT2D eigenvalue weighted by Crippen LogP contribution is -2.46. The second-order valence-electron chi connectivity index (χ2n) is 6.85. The zero-order valence-electron chi connectivity index (χ0n) is 14.9. The van der Waals surface area contributed by atoms with Crippen LogP contribution in [-0.4, -0.2) is 29.9 Å². The summed E-state index contributed by atoms with van der Waals surface area (Å²) in [5, 5.41) is 2.84. The molecule has 0 bridgehead atoms. The highest BCUT2D eigenvalue weighted by Gasteiger charge is 2.46. The van der Waals surface area contributed by atoms with Gasteiger partial charge in [-0.1, -0.05) is 50.2 Å². The van der Waals surface area contributed by atoms with E-state index in [1.54, 1.807) is 24.3 Å². The van der Waals surface area contributed by atoms with E-state index in [-0.39, 0.29) is 18.4 Å². The van der Waals surface area contributed by atoms with Crippen molar-refractivity contribution in [1.82, 2.24) is 5.32 Å². The van der Waals surface area contributed by atoms with Gasteiger partial charge in [0.25, 0.3) is 5.91 Å². The van der Waals surface area contributed by atoms with Gasteiger partial charge in [0.2, 0.25) is 5.90 Å². The standard InChI is InChI=1S/C21H22N2O3/c1-15(2)13-21(14-22-18(24)16-9-5-3-6-10-16)20(25)26-19(23-21)17-11-7-4-8-12-17/h3-12,15H,13-14H2,1-2H3,(H,22,24). The van der Waals surface area contributed by atoms with Crippen molar-refractivity contribution in [3.8, 4) is 0 Å². The maximum atomic E-state index is 12.7. The SMILES string of the molecule is CC(C)CC1(CNC(=O)c2ccccc2)N=C(c2ccccc2)OC1=O. The molecule has 0 aromatic heterocycles. The highest BCUT2D eigenvalue weighted by Crippen LogP contribution is 2.29. The number of aliphatic imine (C=N–C) groups is 1. The van der Waals surface area contributed by atoms with Gasteiger partial charge in [0.1, 0.15) is 0 Å². The molecule has 0 saturated carbocycles. The van der Waals surface area contributed by atoms with Crippen LogP contribution in [0, 0.1) is 5.92 Å². The maximum Gasteiger partial charge on any atom is 0.342 e. The Morgan fingerprint density at radius 1 is 1.08 bits per heavy atom. The van der Waals surface area contributed by atoms with Crippen molar-refractivity contribution in [1.29, 1.82) is 0 Å². The van der Waals surface area contributed by atoms with Gasteiger partial charge in [0.15, 0.2) is 5.54 Å². The normalized spacial score (nSPS) is 19.2. The van der Waals surface area contributed by atoms with Crippen molar-refractivity contribution >= 4 is 17.8 Å². The second kappa shape index (κ2) is 7.52. The van der Waals surface area contributed by atoms with Gasteiger partial charge in [-0.05, 0) is 36.6 Å². The van der Waals surface area contributed by atoms with Gasteiger partial charge in [-0.25, -0.2) is 9.79 Å². The van der Waals surface area contributed by atoms with Gasteiger partial charge in [0, 0.05) is 11.1 Å². The molecule has 0 aliphatic carbocycles. The van der Waals surface area contributed by atoms with Crippen molar-refractivity contribution in [2.75, 3.05) is 6.54 Å². The van der Waals surface area contributed by atoms with E-state index < -0.39 is 11.5 Å². The zero-order valence-corrected chi connectivity index (χ0v) is 14.9. The summed E-state index contributed by atoms with van der Waals surface area (Å²) in [6, 6.07) is 18.2. The van der Waals surface area contributed by atoms with Crippen molar-refractivity contribution in [3.63, 3.8) is 0 Å².